The predicted octanol–water partition coefficient (Wildman–Crippen LogP) is 3.17. The highest BCUT2D eigenvalue weighted by Gasteiger charge is 2.24. The number of sulfonamides is 1. The van der Waals surface area contributed by atoms with Crippen molar-refractivity contribution >= 4 is 47.3 Å². The summed E-state index contributed by atoms with van der Waals surface area (Å²) in [5, 5.41) is 7.91. The number of aromatic amines is 1. The molecule has 0 saturated carbocycles. The fourth-order valence-corrected chi connectivity index (χ4v) is 6.49. The number of hydrogen-bond donors (Lipinski definition) is 2. The second-order valence-corrected chi connectivity index (χ2v) is 12.2. The van der Waals surface area contributed by atoms with Crippen LogP contribution in [0.1, 0.15) is 0 Å². The summed E-state index contributed by atoms with van der Waals surface area (Å²) in [5.74, 6) is 0. The van der Waals surface area contributed by atoms with Gasteiger partial charge in [0.05, 0.1) is 16.1 Å². The molecule has 11 heteroatoms. The molecule has 4 rings (SSSR count). The van der Waals surface area contributed by atoms with Gasteiger partial charge in [0.15, 0.2) is 9.84 Å². The normalized spacial score (nSPS) is 13.2. The minimum Gasteiger partial charge on any atom is -0.280 e. The van der Waals surface area contributed by atoms with Gasteiger partial charge in [-0.3, -0.25) is 14.0 Å². The first kappa shape index (κ1) is 22.2. The Morgan fingerprint density at radius 2 is 1.56 bits per heavy atom. The van der Waals surface area contributed by atoms with Gasteiger partial charge in [0.2, 0.25) is 0 Å². The van der Waals surface area contributed by atoms with Crippen molar-refractivity contribution in [3.05, 3.63) is 66.7 Å². The van der Waals surface area contributed by atoms with Crippen molar-refractivity contribution in [3.8, 4) is 11.3 Å². The van der Waals surface area contributed by atoms with Crippen LogP contribution in [0, 0.1) is 0 Å². The van der Waals surface area contributed by atoms with Crippen molar-refractivity contribution in [1.82, 2.24) is 10.2 Å². The van der Waals surface area contributed by atoms with Crippen LogP contribution in [0.25, 0.3) is 22.2 Å². The number of rotatable bonds is 6. The number of anilines is 1. The van der Waals surface area contributed by atoms with Crippen molar-refractivity contribution in [2.24, 2.45) is 0 Å². The third-order valence-electron chi connectivity index (χ3n) is 4.81. The average Bonchev–Trinajstić information content (AvgIpc) is 3.16. The second kappa shape index (κ2) is 8.15. The molecule has 1 aromatic heterocycles. The molecule has 0 aliphatic rings. The van der Waals surface area contributed by atoms with E-state index in [1.807, 2.05) is 0 Å². The van der Waals surface area contributed by atoms with Crippen molar-refractivity contribution in [2.45, 2.75) is 14.7 Å². The van der Waals surface area contributed by atoms with Gasteiger partial charge in [-0.05, 0) is 42.5 Å². The van der Waals surface area contributed by atoms with Crippen LogP contribution >= 0.6 is 0 Å². The standard InChI is InChI=1S/C21H19N3O5S3/c1-30(25)16-10-7-14(8-11-16)21-17-13-15(9-12-18(17)22-23-21)24-32(28,29)20-6-4-3-5-19(20)31(2,26)27/h3-13,24H,1-2H3,(H,22,23). The smallest absolute Gasteiger partial charge is 0.263 e. The van der Waals surface area contributed by atoms with Crippen molar-refractivity contribution < 1.29 is 21.0 Å². The Hall–Kier alpha value is -3.02. The van der Waals surface area contributed by atoms with Gasteiger partial charge in [-0.25, -0.2) is 16.8 Å². The Kier molecular flexibility index (Phi) is 5.65. The highest BCUT2D eigenvalue weighted by atomic mass is 32.2. The summed E-state index contributed by atoms with van der Waals surface area (Å²) in [7, 11) is -9.01. The molecule has 1 heterocycles. The molecule has 0 fully saturated rings. The number of benzene rings is 3. The van der Waals surface area contributed by atoms with Gasteiger partial charge in [-0.2, -0.15) is 5.10 Å². The van der Waals surface area contributed by atoms with Crippen molar-refractivity contribution in [1.29, 1.82) is 0 Å². The first-order chi connectivity index (χ1) is 15.1. The molecule has 0 bridgehead atoms. The maximum absolute atomic E-state index is 13.0. The van der Waals surface area contributed by atoms with Gasteiger partial charge in [-0.1, -0.05) is 24.3 Å². The Balaban J connectivity index is 1.74. The lowest BCUT2D eigenvalue weighted by molar-refractivity contribution is 0.588. The first-order valence-corrected chi connectivity index (χ1v) is 14.2. The SMILES string of the molecule is CS(=O)c1ccc(-c2n[nH]c3ccc(NS(=O)(=O)c4ccccc4S(C)(=O)=O)cc23)cc1. The molecule has 1 unspecified atom stereocenters. The van der Waals surface area contributed by atoms with E-state index in [4.69, 9.17) is 0 Å². The van der Waals surface area contributed by atoms with Crippen LogP contribution in [0.15, 0.2) is 81.4 Å². The third kappa shape index (κ3) is 4.31. The van der Waals surface area contributed by atoms with E-state index in [2.05, 4.69) is 14.9 Å². The van der Waals surface area contributed by atoms with Crippen molar-refractivity contribution in [2.75, 3.05) is 17.2 Å². The zero-order valence-electron chi connectivity index (χ0n) is 17.1. The Morgan fingerprint density at radius 1 is 0.906 bits per heavy atom. The van der Waals surface area contributed by atoms with E-state index < -0.39 is 30.7 Å². The number of nitrogens with zero attached hydrogens (tertiary/aromatic N) is 1. The lowest BCUT2D eigenvalue weighted by Crippen LogP contribution is -2.16. The number of fused-ring (bicyclic) bond motifs is 1. The Bertz CT molecular complexity index is 1560. The zero-order chi connectivity index (χ0) is 23.1. The van der Waals surface area contributed by atoms with Gasteiger partial charge in [0.25, 0.3) is 10.0 Å². The minimum atomic E-state index is -4.17. The van der Waals surface area contributed by atoms with Crippen molar-refractivity contribution in [3.63, 3.8) is 0 Å². The maximum atomic E-state index is 13.0. The molecular formula is C21H19N3O5S3. The highest BCUT2D eigenvalue weighted by molar-refractivity contribution is 7.95. The molecule has 1 atom stereocenters. The topological polar surface area (TPSA) is 126 Å². The molecule has 0 aliphatic carbocycles. The summed E-state index contributed by atoms with van der Waals surface area (Å²) < 4.78 is 64.1. The van der Waals surface area contributed by atoms with Crippen LogP contribution in [0.4, 0.5) is 5.69 Å². The first-order valence-electron chi connectivity index (χ1n) is 9.30. The Labute approximate surface area is 188 Å². The average molecular weight is 490 g/mol. The quantitative estimate of drug-likeness (QED) is 0.428. The Morgan fingerprint density at radius 3 is 2.19 bits per heavy atom. The van der Waals surface area contributed by atoms with Crippen LogP contribution in [0.3, 0.4) is 0 Å². The molecule has 0 spiro atoms. The number of nitrogens with one attached hydrogen (secondary N) is 2. The monoisotopic (exact) mass is 489 g/mol. The van der Waals surface area contributed by atoms with Gasteiger partial charge < -0.3 is 0 Å². The summed E-state index contributed by atoms with van der Waals surface area (Å²) in [5.41, 5.74) is 2.33. The lowest BCUT2D eigenvalue weighted by Gasteiger charge is -2.11. The number of H-pyrrole nitrogens is 1. The molecule has 3 aromatic carbocycles. The molecule has 0 radical (unpaired) electrons. The van der Waals surface area contributed by atoms with Crippen LogP contribution in [0.2, 0.25) is 0 Å². The number of hydrogen-bond acceptors (Lipinski definition) is 6. The molecular weight excluding hydrogens is 470 g/mol. The third-order valence-corrected chi connectivity index (χ3v) is 8.47. The van der Waals surface area contributed by atoms with E-state index >= 15 is 0 Å². The largest absolute Gasteiger partial charge is 0.280 e. The van der Waals surface area contributed by atoms with Crippen LogP contribution in [-0.4, -0.2) is 43.8 Å². The molecule has 8 nitrogen and oxygen atoms in total. The molecule has 0 saturated heterocycles. The van der Waals surface area contributed by atoms with Gasteiger partial charge in [-0.15, -0.1) is 0 Å². The van der Waals surface area contributed by atoms with E-state index in [9.17, 15) is 21.0 Å². The van der Waals surface area contributed by atoms with Crippen LogP contribution in [-0.2, 0) is 30.7 Å². The summed E-state index contributed by atoms with van der Waals surface area (Å²) in [6, 6.07) is 17.4. The van der Waals surface area contributed by atoms with E-state index in [0.717, 1.165) is 11.8 Å². The maximum Gasteiger partial charge on any atom is 0.263 e. The predicted molar refractivity (Wildman–Crippen MR) is 124 cm³/mol. The molecule has 2 N–H and O–H groups in total. The van der Waals surface area contributed by atoms with E-state index in [-0.39, 0.29) is 15.5 Å². The second-order valence-electron chi connectivity index (χ2n) is 7.14. The van der Waals surface area contributed by atoms with E-state index in [0.29, 0.717) is 21.5 Å². The number of sulfone groups is 1. The van der Waals surface area contributed by atoms with Gasteiger partial charge in [0.1, 0.15) is 4.90 Å². The van der Waals surface area contributed by atoms with Gasteiger partial charge in [0, 0.05) is 44.8 Å². The van der Waals surface area contributed by atoms with Crippen LogP contribution in [0.5, 0.6) is 0 Å². The number of aromatic nitrogens is 2. The van der Waals surface area contributed by atoms with E-state index in [1.54, 1.807) is 48.7 Å². The molecule has 0 aliphatic heterocycles. The van der Waals surface area contributed by atoms with E-state index in [1.165, 1.54) is 24.3 Å². The summed E-state index contributed by atoms with van der Waals surface area (Å²) >= 11 is 0. The summed E-state index contributed by atoms with van der Waals surface area (Å²) in [6.45, 7) is 0. The molecule has 32 heavy (non-hydrogen) atoms. The highest BCUT2D eigenvalue weighted by Crippen LogP contribution is 2.30. The molecule has 166 valence electrons. The van der Waals surface area contributed by atoms with Crippen LogP contribution < -0.4 is 4.72 Å². The van der Waals surface area contributed by atoms with Gasteiger partial charge >= 0.3 is 0 Å². The minimum absolute atomic E-state index is 0.259. The lowest BCUT2D eigenvalue weighted by atomic mass is 10.1. The summed E-state index contributed by atoms with van der Waals surface area (Å²) in [6.07, 6.45) is 2.56. The molecule has 0 amide bonds. The molecule has 4 aromatic rings. The zero-order valence-corrected chi connectivity index (χ0v) is 19.5. The fourth-order valence-electron chi connectivity index (χ4n) is 3.29. The fraction of sp³-hybridized carbons (Fsp3) is 0.0952. The summed E-state index contributed by atoms with van der Waals surface area (Å²) in [4.78, 5) is 0.0933.